The third kappa shape index (κ3) is 5.05. The van der Waals surface area contributed by atoms with E-state index in [9.17, 15) is 18.8 Å². The second kappa shape index (κ2) is 11.1. The lowest BCUT2D eigenvalue weighted by atomic mass is 9.62. The van der Waals surface area contributed by atoms with Crippen molar-refractivity contribution in [3.8, 4) is 5.75 Å². The summed E-state index contributed by atoms with van der Waals surface area (Å²) in [6.07, 6.45) is 0.317. The first-order valence-corrected chi connectivity index (χ1v) is 12.4. The van der Waals surface area contributed by atoms with Gasteiger partial charge in [-0.05, 0) is 62.6 Å². The SMILES string of the molecule is CCOC(=O)C1=C(C)N=C2C[C@H](c3ccc(OC)cc3)[C@H](C(=O)OCC)C(=O)C2[C@@H]1c1ccc(F)cc1. The van der Waals surface area contributed by atoms with Gasteiger partial charge in [-0.25, -0.2) is 9.18 Å². The average Bonchev–Trinajstić information content (AvgIpc) is 2.88. The standard InChI is InChI=1S/C29H30FNO6/c1-5-36-28(33)23-16(3)31-22-15-21(17-9-13-20(35-4)14-10-17)25(29(34)37-6-2)27(32)26(22)24(23)18-7-11-19(30)12-8-18/h7-14,21,24-26H,5-6,15H2,1-4H3/t21-,24-,25+,26?/m1/s1. The smallest absolute Gasteiger partial charge is 0.336 e. The fourth-order valence-corrected chi connectivity index (χ4v) is 5.35. The number of methoxy groups -OCH3 is 1. The van der Waals surface area contributed by atoms with E-state index in [4.69, 9.17) is 19.2 Å². The van der Waals surface area contributed by atoms with Gasteiger partial charge >= 0.3 is 11.9 Å². The summed E-state index contributed by atoms with van der Waals surface area (Å²) in [4.78, 5) is 45.2. The number of fused-ring (bicyclic) bond motifs is 1. The molecule has 2 aromatic rings. The number of benzene rings is 2. The predicted octanol–water partition coefficient (Wildman–Crippen LogP) is 4.76. The van der Waals surface area contributed by atoms with Gasteiger partial charge in [-0.1, -0.05) is 24.3 Å². The third-order valence-electron chi connectivity index (χ3n) is 6.96. The number of Topliss-reactive ketones (excluding diaryl/α,β-unsaturated/α-hetero) is 1. The van der Waals surface area contributed by atoms with Crippen LogP contribution in [-0.4, -0.2) is 43.8 Å². The first-order valence-electron chi connectivity index (χ1n) is 12.4. The molecule has 8 heteroatoms. The fraction of sp³-hybridized carbons (Fsp3) is 0.379. The molecule has 0 N–H and O–H groups in total. The van der Waals surface area contributed by atoms with Crippen LogP contribution >= 0.6 is 0 Å². The number of esters is 2. The molecule has 0 aromatic heterocycles. The normalized spacial score (nSPS) is 23.2. The first kappa shape index (κ1) is 26.3. The van der Waals surface area contributed by atoms with Gasteiger partial charge in [0.25, 0.3) is 0 Å². The topological polar surface area (TPSA) is 91.3 Å². The number of rotatable bonds is 7. The molecule has 1 saturated carbocycles. The van der Waals surface area contributed by atoms with E-state index in [0.29, 0.717) is 29.1 Å². The minimum absolute atomic E-state index is 0.123. The highest BCUT2D eigenvalue weighted by atomic mass is 19.1. The van der Waals surface area contributed by atoms with E-state index in [1.165, 1.54) is 12.1 Å². The highest BCUT2D eigenvalue weighted by Gasteiger charge is 2.53. The second-order valence-corrected chi connectivity index (χ2v) is 9.05. The van der Waals surface area contributed by atoms with Crippen LogP contribution in [0.5, 0.6) is 5.75 Å². The summed E-state index contributed by atoms with van der Waals surface area (Å²) >= 11 is 0. The van der Waals surface area contributed by atoms with Crippen molar-refractivity contribution in [2.24, 2.45) is 16.8 Å². The monoisotopic (exact) mass is 507 g/mol. The lowest BCUT2D eigenvalue weighted by molar-refractivity contribution is -0.153. The maximum Gasteiger partial charge on any atom is 0.336 e. The van der Waals surface area contributed by atoms with Gasteiger partial charge in [-0.2, -0.15) is 0 Å². The van der Waals surface area contributed by atoms with Crippen LogP contribution < -0.4 is 4.74 Å². The maximum absolute atomic E-state index is 14.2. The van der Waals surface area contributed by atoms with E-state index in [0.717, 1.165) is 5.56 Å². The van der Waals surface area contributed by atoms with E-state index < -0.39 is 41.4 Å². The number of hydrogen-bond acceptors (Lipinski definition) is 7. The molecule has 2 aromatic carbocycles. The number of nitrogens with zero attached hydrogens (tertiary/aromatic N) is 1. The molecule has 1 aliphatic carbocycles. The van der Waals surface area contributed by atoms with Crippen LogP contribution in [0.3, 0.4) is 0 Å². The number of halogens is 1. The van der Waals surface area contributed by atoms with Crippen LogP contribution in [0.15, 0.2) is 64.8 Å². The van der Waals surface area contributed by atoms with Gasteiger partial charge in [0, 0.05) is 23.2 Å². The minimum Gasteiger partial charge on any atom is -0.497 e. The molecule has 7 nitrogen and oxygen atoms in total. The number of allylic oxidation sites excluding steroid dienone is 1. The summed E-state index contributed by atoms with van der Waals surface area (Å²) in [5.74, 6) is -4.63. The summed E-state index contributed by atoms with van der Waals surface area (Å²) in [5.41, 5.74) is 2.60. The van der Waals surface area contributed by atoms with Crippen molar-refractivity contribution in [1.29, 1.82) is 0 Å². The number of hydrogen-bond donors (Lipinski definition) is 0. The molecule has 0 spiro atoms. The van der Waals surface area contributed by atoms with Crippen LogP contribution in [0.4, 0.5) is 4.39 Å². The fourth-order valence-electron chi connectivity index (χ4n) is 5.35. The van der Waals surface area contributed by atoms with Crippen molar-refractivity contribution in [3.05, 3.63) is 76.7 Å². The number of carbonyl (C=O) groups is 3. The summed E-state index contributed by atoms with van der Waals surface area (Å²) in [6, 6.07) is 12.9. The van der Waals surface area contributed by atoms with E-state index in [1.54, 1.807) is 52.1 Å². The Hall–Kier alpha value is -3.81. The second-order valence-electron chi connectivity index (χ2n) is 9.05. The summed E-state index contributed by atoms with van der Waals surface area (Å²) in [7, 11) is 1.56. The van der Waals surface area contributed by atoms with Gasteiger partial charge in [-0.3, -0.25) is 14.6 Å². The van der Waals surface area contributed by atoms with Crippen LogP contribution in [0.1, 0.15) is 50.2 Å². The van der Waals surface area contributed by atoms with Crippen molar-refractivity contribution in [3.63, 3.8) is 0 Å². The molecule has 4 rings (SSSR count). The molecule has 1 fully saturated rings. The van der Waals surface area contributed by atoms with Gasteiger partial charge in [-0.15, -0.1) is 0 Å². The molecule has 1 heterocycles. The molecular weight excluding hydrogens is 477 g/mol. The van der Waals surface area contributed by atoms with E-state index >= 15 is 0 Å². The Morgan fingerprint density at radius 2 is 1.57 bits per heavy atom. The molecule has 1 aliphatic heterocycles. The Balaban J connectivity index is 1.87. The van der Waals surface area contributed by atoms with Crippen molar-refractivity contribution >= 4 is 23.4 Å². The Morgan fingerprint density at radius 3 is 2.16 bits per heavy atom. The van der Waals surface area contributed by atoms with E-state index in [-0.39, 0.29) is 24.6 Å². The molecule has 194 valence electrons. The van der Waals surface area contributed by atoms with Crippen molar-refractivity contribution < 1.29 is 33.0 Å². The van der Waals surface area contributed by atoms with Crippen LogP contribution in [-0.2, 0) is 23.9 Å². The summed E-state index contributed by atoms with van der Waals surface area (Å²) in [6.45, 7) is 5.36. The van der Waals surface area contributed by atoms with Crippen molar-refractivity contribution in [2.75, 3.05) is 20.3 Å². The van der Waals surface area contributed by atoms with E-state index in [1.807, 2.05) is 12.1 Å². The molecule has 1 unspecified atom stereocenters. The number of ether oxygens (including phenoxy) is 3. The Morgan fingerprint density at radius 1 is 0.946 bits per heavy atom. The predicted molar refractivity (Wildman–Crippen MR) is 135 cm³/mol. The van der Waals surface area contributed by atoms with Gasteiger partial charge in [0.1, 0.15) is 17.5 Å². The van der Waals surface area contributed by atoms with Gasteiger partial charge < -0.3 is 14.2 Å². The number of carbonyl (C=O) groups excluding carboxylic acids is 3. The number of aliphatic imine (C=N–C) groups is 1. The lowest BCUT2D eigenvalue weighted by Gasteiger charge is -2.41. The Kier molecular flexibility index (Phi) is 7.86. The molecular formula is C29H30FNO6. The molecule has 0 amide bonds. The Labute approximate surface area is 215 Å². The number of ketones is 1. The van der Waals surface area contributed by atoms with Gasteiger partial charge in [0.2, 0.25) is 0 Å². The zero-order valence-electron chi connectivity index (χ0n) is 21.3. The largest absolute Gasteiger partial charge is 0.497 e. The third-order valence-corrected chi connectivity index (χ3v) is 6.96. The van der Waals surface area contributed by atoms with Crippen LogP contribution in [0, 0.1) is 17.7 Å². The van der Waals surface area contributed by atoms with Crippen molar-refractivity contribution in [2.45, 2.75) is 39.0 Å². The molecule has 2 aliphatic rings. The zero-order valence-corrected chi connectivity index (χ0v) is 21.3. The molecule has 37 heavy (non-hydrogen) atoms. The molecule has 0 saturated heterocycles. The highest BCUT2D eigenvalue weighted by Crippen LogP contribution is 2.48. The Bertz CT molecular complexity index is 1250. The molecule has 4 atom stereocenters. The first-order chi connectivity index (χ1) is 17.8. The molecule has 0 bridgehead atoms. The average molecular weight is 508 g/mol. The van der Waals surface area contributed by atoms with Crippen molar-refractivity contribution in [1.82, 2.24) is 0 Å². The summed E-state index contributed by atoms with van der Waals surface area (Å²) < 4.78 is 29.7. The van der Waals surface area contributed by atoms with Crippen LogP contribution in [0.25, 0.3) is 0 Å². The quantitative estimate of drug-likeness (QED) is 0.396. The lowest BCUT2D eigenvalue weighted by Crippen LogP contribution is -2.48. The van der Waals surface area contributed by atoms with Gasteiger partial charge in [0.05, 0.1) is 31.8 Å². The zero-order chi connectivity index (χ0) is 26.7. The molecule has 0 radical (unpaired) electrons. The summed E-state index contributed by atoms with van der Waals surface area (Å²) in [5, 5.41) is 0. The minimum atomic E-state index is -1.10. The maximum atomic E-state index is 14.2. The van der Waals surface area contributed by atoms with Crippen LogP contribution in [0.2, 0.25) is 0 Å². The van der Waals surface area contributed by atoms with Gasteiger partial charge in [0.15, 0.2) is 5.78 Å². The van der Waals surface area contributed by atoms with E-state index in [2.05, 4.69) is 0 Å². The highest BCUT2D eigenvalue weighted by molar-refractivity contribution is 6.17.